The largest absolute Gasteiger partial charge is 0.497 e. The van der Waals surface area contributed by atoms with Gasteiger partial charge < -0.3 is 9.47 Å². The van der Waals surface area contributed by atoms with E-state index in [1.54, 1.807) is 6.92 Å². The molecular formula is C19H22F3N3O5S. The smallest absolute Gasteiger partial charge is 0.416 e. The Hall–Kier alpha value is -2.60. The molecule has 0 radical (unpaired) electrons. The lowest BCUT2D eigenvalue weighted by Gasteiger charge is -2.24. The number of hydrogen-bond donors (Lipinski definition) is 1. The van der Waals surface area contributed by atoms with Gasteiger partial charge in [0, 0.05) is 17.3 Å². The lowest BCUT2D eigenvalue weighted by atomic mass is 9.94. The molecule has 0 unspecified atom stereocenters. The first-order valence-corrected chi connectivity index (χ1v) is 11.0. The summed E-state index contributed by atoms with van der Waals surface area (Å²) in [4.78, 5) is 11.2. The minimum Gasteiger partial charge on any atom is -0.497 e. The van der Waals surface area contributed by atoms with Crippen LogP contribution in [0.15, 0.2) is 29.3 Å². The van der Waals surface area contributed by atoms with E-state index in [-0.39, 0.29) is 18.9 Å². The van der Waals surface area contributed by atoms with Crippen molar-refractivity contribution in [3.63, 3.8) is 0 Å². The van der Waals surface area contributed by atoms with Gasteiger partial charge in [0.1, 0.15) is 12.3 Å². The molecule has 1 aromatic heterocycles. The van der Waals surface area contributed by atoms with Crippen LogP contribution >= 0.6 is 0 Å². The fraction of sp³-hybridized carbons (Fsp3) is 0.474. The molecular weight excluding hydrogens is 439 g/mol. The number of ether oxygens (including phenoxy) is 2. The van der Waals surface area contributed by atoms with Gasteiger partial charge in [-0.1, -0.05) is 0 Å². The van der Waals surface area contributed by atoms with Crippen LogP contribution in [0, 0.1) is 0 Å². The molecule has 8 nitrogen and oxygen atoms in total. The van der Waals surface area contributed by atoms with Crippen LogP contribution in [0.1, 0.15) is 42.6 Å². The molecule has 1 aliphatic carbocycles. The molecule has 3 rings (SSSR count). The Balaban J connectivity index is 1.89. The van der Waals surface area contributed by atoms with Crippen LogP contribution in [0.25, 0.3) is 0 Å². The van der Waals surface area contributed by atoms with E-state index in [0.29, 0.717) is 36.6 Å². The first kappa shape index (κ1) is 23.1. The molecule has 31 heavy (non-hydrogen) atoms. The van der Waals surface area contributed by atoms with Crippen LogP contribution in [0.3, 0.4) is 0 Å². The molecule has 0 aliphatic heterocycles. The van der Waals surface area contributed by atoms with Gasteiger partial charge in [-0.15, -0.1) is 0 Å². The minimum absolute atomic E-state index is 0.104. The summed E-state index contributed by atoms with van der Waals surface area (Å²) in [6.45, 7) is 1.81. The average Bonchev–Trinajstić information content (AvgIpc) is 3.10. The second-order valence-corrected chi connectivity index (χ2v) is 8.68. The predicted molar refractivity (Wildman–Crippen MR) is 103 cm³/mol. The molecule has 1 N–H and O–H groups in total. The van der Waals surface area contributed by atoms with Gasteiger partial charge in [0.15, 0.2) is 0 Å². The molecule has 1 heterocycles. The summed E-state index contributed by atoms with van der Waals surface area (Å²) in [5.41, 5.74) is 0.144. The maximum absolute atomic E-state index is 13.2. The van der Waals surface area contributed by atoms with Gasteiger partial charge in [-0.25, -0.2) is 13.1 Å². The number of fused-ring (bicyclic) bond motifs is 1. The van der Waals surface area contributed by atoms with Gasteiger partial charge in [-0.05, 0) is 38.3 Å². The Morgan fingerprint density at radius 1 is 1.32 bits per heavy atom. The monoisotopic (exact) mass is 461 g/mol. The number of rotatable bonds is 7. The number of nitrogens with zero attached hydrogens (tertiary/aromatic N) is 2. The molecule has 0 bridgehead atoms. The second-order valence-electron chi connectivity index (χ2n) is 6.97. The molecule has 170 valence electrons. The Kier molecular flexibility index (Phi) is 6.60. The first-order valence-electron chi connectivity index (χ1n) is 9.54. The molecule has 0 saturated carbocycles. The number of benzene rings is 1. The van der Waals surface area contributed by atoms with Gasteiger partial charge >= 0.3 is 12.1 Å². The summed E-state index contributed by atoms with van der Waals surface area (Å²) >= 11 is 0. The summed E-state index contributed by atoms with van der Waals surface area (Å²) < 4.78 is 79.0. The highest BCUT2D eigenvalue weighted by molar-refractivity contribution is 7.89. The fourth-order valence-corrected chi connectivity index (χ4v) is 4.78. The molecule has 0 amide bonds. The number of carbonyl (C=O) groups is 1. The van der Waals surface area contributed by atoms with Gasteiger partial charge in [0.25, 0.3) is 0 Å². The zero-order chi connectivity index (χ0) is 22.8. The number of sulfonamides is 1. The molecule has 0 fully saturated rings. The average molecular weight is 461 g/mol. The Morgan fingerprint density at radius 2 is 2.06 bits per heavy atom. The Morgan fingerprint density at radius 3 is 2.71 bits per heavy atom. The lowest BCUT2D eigenvalue weighted by Crippen LogP contribution is -2.31. The maximum Gasteiger partial charge on any atom is 0.416 e. The van der Waals surface area contributed by atoms with E-state index in [0.717, 1.165) is 19.2 Å². The van der Waals surface area contributed by atoms with Crippen molar-refractivity contribution in [2.45, 2.75) is 49.8 Å². The van der Waals surface area contributed by atoms with Crippen molar-refractivity contribution in [3.05, 3.63) is 41.2 Å². The summed E-state index contributed by atoms with van der Waals surface area (Å²) in [5.74, 6) is -0.686. The maximum atomic E-state index is 13.2. The zero-order valence-electron chi connectivity index (χ0n) is 16.9. The van der Waals surface area contributed by atoms with Crippen molar-refractivity contribution in [3.8, 4) is 5.75 Å². The van der Waals surface area contributed by atoms with E-state index in [1.165, 1.54) is 10.9 Å². The van der Waals surface area contributed by atoms with Crippen LogP contribution in [0.5, 0.6) is 5.75 Å². The molecule has 0 saturated heterocycles. The van der Waals surface area contributed by atoms with Crippen molar-refractivity contribution >= 4 is 16.0 Å². The lowest BCUT2D eigenvalue weighted by molar-refractivity contribution is -0.144. The predicted octanol–water partition coefficient (Wildman–Crippen LogP) is 2.83. The highest BCUT2D eigenvalue weighted by Crippen LogP contribution is 2.35. The van der Waals surface area contributed by atoms with Crippen molar-refractivity contribution < 1.29 is 35.9 Å². The van der Waals surface area contributed by atoms with Gasteiger partial charge in [0.2, 0.25) is 10.0 Å². The number of carbonyl (C=O) groups excluding carboxylic acids is 1. The third kappa shape index (κ3) is 5.18. The number of esters is 1. The van der Waals surface area contributed by atoms with Crippen LogP contribution in [-0.2, 0) is 38.7 Å². The second kappa shape index (κ2) is 8.87. The molecule has 2 aromatic rings. The Bertz CT molecular complexity index is 1070. The quantitative estimate of drug-likeness (QED) is 0.637. The number of hydrogen-bond acceptors (Lipinski definition) is 6. The highest BCUT2D eigenvalue weighted by atomic mass is 32.2. The van der Waals surface area contributed by atoms with E-state index >= 15 is 0 Å². The van der Waals surface area contributed by atoms with Crippen LogP contribution in [0.2, 0.25) is 0 Å². The Labute approximate surface area is 177 Å². The zero-order valence-corrected chi connectivity index (χ0v) is 17.7. The first-order chi connectivity index (χ1) is 14.5. The number of methoxy groups -OCH3 is 1. The van der Waals surface area contributed by atoms with E-state index in [4.69, 9.17) is 9.47 Å². The van der Waals surface area contributed by atoms with Crippen LogP contribution in [-0.4, -0.2) is 37.9 Å². The van der Waals surface area contributed by atoms with Crippen molar-refractivity contribution in [1.29, 1.82) is 0 Å². The van der Waals surface area contributed by atoms with Gasteiger partial charge in [-0.3, -0.25) is 9.48 Å². The third-order valence-corrected chi connectivity index (χ3v) is 6.35. The topological polar surface area (TPSA) is 99.5 Å². The number of halogens is 3. The summed E-state index contributed by atoms with van der Waals surface area (Å²) in [5, 5.41) is 4.16. The molecule has 1 aromatic carbocycles. The summed E-state index contributed by atoms with van der Waals surface area (Å²) in [6, 6.07) is 1.65. The van der Waals surface area contributed by atoms with E-state index in [1.807, 2.05) is 0 Å². The van der Waals surface area contributed by atoms with Crippen LogP contribution < -0.4 is 9.46 Å². The SMILES string of the molecule is CCOC(=O)Cn1ncc2c1CCC[C@H]2NS(=O)(=O)c1cc(OC)cc(C(F)(F)F)c1. The standard InChI is InChI=1S/C19H22F3N3O5S/c1-3-30-18(26)11-25-17-6-4-5-16(15(17)10-23-25)24-31(27,28)14-8-12(19(20,21)22)7-13(9-14)29-2/h7-10,16,24H,3-6,11H2,1-2H3/t16-/m1/s1. The van der Waals surface area contributed by atoms with E-state index in [9.17, 15) is 26.4 Å². The highest BCUT2D eigenvalue weighted by Gasteiger charge is 2.34. The molecule has 1 atom stereocenters. The number of alkyl halides is 3. The third-order valence-electron chi connectivity index (χ3n) is 4.90. The minimum atomic E-state index is -4.73. The van der Waals surface area contributed by atoms with E-state index < -0.39 is 38.7 Å². The van der Waals surface area contributed by atoms with Crippen molar-refractivity contribution in [2.24, 2.45) is 0 Å². The normalized spacial score (nSPS) is 16.6. The molecule has 12 heteroatoms. The molecule has 1 aliphatic rings. The van der Waals surface area contributed by atoms with E-state index in [2.05, 4.69) is 9.82 Å². The molecule has 0 spiro atoms. The van der Waals surface area contributed by atoms with Crippen molar-refractivity contribution in [2.75, 3.05) is 13.7 Å². The summed E-state index contributed by atoms with van der Waals surface area (Å²) in [7, 11) is -3.14. The van der Waals surface area contributed by atoms with Crippen molar-refractivity contribution in [1.82, 2.24) is 14.5 Å². The fourth-order valence-electron chi connectivity index (χ4n) is 3.47. The summed E-state index contributed by atoms with van der Waals surface area (Å²) in [6.07, 6.45) is -1.63. The number of aromatic nitrogens is 2. The van der Waals surface area contributed by atoms with Gasteiger partial charge in [0.05, 0.1) is 36.4 Å². The van der Waals surface area contributed by atoms with Gasteiger partial charge in [-0.2, -0.15) is 18.3 Å². The number of nitrogens with one attached hydrogen (secondary N) is 1. The van der Waals surface area contributed by atoms with Crippen LogP contribution in [0.4, 0.5) is 13.2 Å².